The molecule has 0 aliphatic carbocycles. The number of hydrogen-bond acceptors (Lipinski definition) is 3. The van der Waals surface area contributed by atoms with Crippen molar-refractivity contribution in [1.29, 1.82) is 0 Å². The van der Waals surface area contributed by atoms with E-state index in [1.165, 1.54) is 0 Å². The number of rotatable bonds is 2. The maximum Gasteiger partial charge on any atom is 0.354 e. The quantitative estimate of drug-likeness (QED) is 0.753. The first kappa shape index (κ1) is 10.2. The number of nitrogens with one attached hydrogen (secondary N) is 1. The number of aromatic nitrogens is 2. The molecule has 1 fully saturated rings. The van der Waals surface area contributed by atoms with Gasteiger partial charge in [-0.15, -0.1) is 0 Å². The lowest BCUT2D eigenvalue weighted by molar-refractivity contribution is 0.0680. The van der Waals surface area contributed by atoms with Crippen LogP contribution in [0.4, 0.5) is 0 Å². The van der Waals surface area contributed by atoms with Gasteiger partial charge in [0.05, 0.1) is 11.7 Å². The zero-order chi connectivity index (χ0) is 11.0. The summed E-state index contributed by atoms with van der Waals surface area (Å²) in [5.41, 5.74) is 1.91. The van der Waals surface area contributed by atoms with Crippen molar-refractivity contribution in [1.82, 2.24) is 15.1 Å². The largest absolute Gasteiger partial charge is 0.477 e. The van der Waals surface area contributed by atoms with Crippen LogP contribution in [0.3, 0.4) is 0 Å². The predicted molar refractivity (Wildman–Crippen MR) is 55.2 cm³/mol. The van der Waals surface area contributed by atoms with Crippen molar-refractivity contribution < 1.29 is 9.90 Å². The van der Waals surface area contributed by atoms with Gasteiger partial charge < -0.3 is 10.4 Å². The third-order valence-corrected chi connectivity index (χ3v) is 2.97. The average Bonchev–Trinajstić information content (AvgIpc) is 2.75. The highest BCUT2D eigenvalue weighted by atomic mass is 16.4. The maximum absolute atomic E-state index is 11.1. The number of aromatic carboxylic acids is 1. The molecule has 1 atom stereocenters. The summed E-state index contributed by atoms with van der Waals surface area (Å²) >= 11 is 0. The molecule has 82 valence electrons. The molecule has 0 aromatic carbocycles. The smallest absolute Gasteiger partial charge is 0.354 e. The highest BCUT2D eigenvalue weighted by molar-refractivity contribution is 5.87. The summed E-state index contributed by atoms with van der Waals surface area (Å²) < 4.78 is 1.66. The van der Waals surface area contributed by atoms with Gasteiger partial charge in [-0.3, -0.25) is 4.68 Å². The molecule has 0 radical (unpaired) electrons. The standard InChI is InChI=1S/C10H15N3O2/c1-6-7(2)12-13(9(6)10(14)15)8-3-4-11-5-8/h8,11H,3-5H2,1-2H3,(H,14,15). The molecule has 1 aromatic heterocycles. The maximum atomic E-state index is 11.1. The first-order valence-corrected chi connectivity index (χ1v) is 5.11. The van der Waals surface area contributed by atoms with Gasteiger partial charge in [0.25, 0.3) is 0 Å². The Morgan fingerprint density at radius 3 is 2.87 bits per heavy atom. The van der Waals surface area contributed by atoms with Gasteiger partial charge in [-0.05, 0) is 26.8 Å². The SMILES string of the molecule is Cc1nn(C2CCNC2)c(C(=O)O)c1C. The molecule has 5 heteroatoms. The van der Waals surface area contributed by atoms with Gasteiger partial charge in [-0.1, -0.05) is 0 Å². The summed E-state index contributed by atoms with van der Waals surface area (Å²) in [5, 5.41) is 16.7. The molecular formula is C10H15N3O2. The Morgan fingerprint density at radius 1 is 1.60 bits per heavy atom. The summed E-state index contributed by atoms with van der Waals surface area (Å²) in [4.78, 5) is 11.1. The lowest BCUT2D eigenvalue weighted by Gasteiger charge is -2.11. The fourth-order valence-corrected chi connectivity index (χ4v) is 2.00. The van der Waals surface area contributed by atoms with E-state index in [0.717, 1.165) is 30.8 Å². The molecule has 2 rings (SSSR count). The van der Waals surface area contributed by atoms with E-state index >= 15 is 0 Å². The molecule has 1 aliphatic rings. The molecule has 1 aromatic rings. The minimum Gasteiger partial charge on any atom is -0.477 e. The number of carbonyl (C=O) groups is 1. The Labute approximate surface area is 88.1 Å². The Kier molecular flexibility index (Phi) is 2.48. The van der Waals surface area contributed by atoms with Gasteiger partial charge in [0.1, 0.15) is 5.69 Å². The minimum atomic E-state index is -0.889. The Hall–Kier alpha value is -1.36. The van der Waals surface area contributed by atoms with E-state index in [1.807, 2.05) is 13.8 Å². The molecule has 0 spiro atoms. The summed E-state index contributed by atoms with van der Waals surface area (Å²) in [7, 11) is 0. The Morgan fingerprint density at radius 2 is 2.33 bits per heavy atom. The fourth-order valence-electron chi connectivity index (χ4n) is 2.00. The van der Waals surface area contributed by atoms with E-state index in [2.05, 4.69) is 10.4 Å². The van der Waals surface area contributed by atoms with Crippen LogP contribution in [0.1, 0.15) is 34.2 Å². The second-order valence-electron chi connectivity index (χ2n) is 3.96. The number of nitrogens with zero attached hydrogens (tertiary/aromatic N) is 2. The van der Waals surface area contributed by atoms with Crippen molar-refractivity contribution in [2.75, 3.05) is 13.1 Å². The van der Waals surface area contributed by atoms with E-state index in [9.17, 15) is 4.79 Å². The number of carboxylic acids is 1. The Balaban J connectivity index is 2.45. The van der Waals surface area contributed by atoms with Crippen molar-refractivity contribution in [3.05, 3.63) is 17.0 Å². The summed E-state index contributed by atoms with van der Waals surface area (Å²) in [6.07, 6.45) is 0.945. The highest BCUT2D eigenvalue weighted by Gasteiger charge is 2.25. The molecule has 2 N–H and O–H groups in total. The van der Waals surface area contributed by atoms with Gasteiger partial charge in [-0.2, -0.15) is 5.10 Å². The van der Waals surface area contributed by atoms with Crippen LogP contribution in [0.2, 0.25) is 0 Å². The molecule has 1 saturated heterocycles. The van der Waals surface area contributed by atoms with E-state index in [-0.39, 0.29) is 6.04 Å². The first-order chi connectivity index (χ1) is 7.11. The normalized spacial score (nSPS) is 20.8. The molecule has 0 amide bonds. The molecule has 1 aliphatic heterocycles. The highest BCUT2D eigenvalue weighted by Crippen LogP contribution is 2.21. The lowest BCUT2D eigenvalue weighted by atomic mass is 10.2. The number of aryl methyl sites for hydroxylation is 1. The molecule has 2 heterocycles. The zero-order valence-electron chi connectivity index (χ0n) is 8.95. The minimum absolute atomic E-state index is 0.184. The van der Waals surface area contributed by atoms with Crippen molar-refractivity contribution in [2.45, 2.75) is 26.3 Å². The summed E-state index contributed by atoms with van der Waals surface area (Å²) in [5.74, 6) is -0.889. The third-order valence-electron chi connectivity index (χ3n) is 2.97. The monoisotopic (exact) mass is 209 g/mol. The summed E-state index contributed by atoms with van der Waals surface area (Å²) in [6.45, 7) is 5.40. The topological polar surface area (TPSA) is 67.2 Å². The molecule has 15 heavy (non-hydrogen) atoms. The van der Waals surface area contributed by atoms with Crippen LogP contribution < -0.4 is 5.32 Å². The van der Waals surface area contributed by atoms with E-state index < -0.39 is 5.97 Å². The van der Waals surface area contributed by atoms with Crippen LogP contribution in [0.15, 0.2) is 0 Å². The van der Waals surface area contributed by atoms with Crippen molar-refractivity contribution >= 4 is 5.97 Å². The van der Waals surface area contributed by atoms with Gasteiger partial charge in [0, 0.05) is 12.1 Å². The predicted octanol–water partition coefficient (Wildman–Crippen LogP) is 0.733. The number of hydrogen-bond donors (Lipinski definition) is 2. The summed E-state index contributed by atoms with van der Waals surface area (Å²) in [6, 6.07) is 0.184. The van der Waals surface area contributed by atoms with Crippen LogP contribution in [-0.2, 0) is 0 Å². The van der Waals surface area contributed by atoms with E-state index in [0.29, 0.717) is 5.69 Å². The molecule has 5 nitrogen and oxygen atoms in total. The van der Waals surface area contributed by atoms with Gasteiger partial charge in [-0.25, -0.2) is 4.79 Å². The van der Waals surface area contributed by atoms with Gasteiger partial charge >= 0.3 is 5.97 Å². The van der Waals surface area contributed by atoms with Crippen LogP contribution >= 0.6 is 0 Å². The molecular weight excluding hydrogens is 194 g/mol. The molecule has 0 saturated carbocycles. The first-order valence-electron chi connectivity index (χ1n) is 5.11. The van der Waals surface area contributed by atoms with Crippen molar-refractivity contribution in [3.8, 4) is 0 Å². The third kappa shape index (κ3) is 1.63. The van der Waals surface area contributed by atoms with Crippen LogP contribution in [0.5, 0.6) is 0 Å². The van der Waals surface area contributed by atoms with Gasteiger partial charge in [0.15, 0.2) is 0 Å². The lowest BCUT2D eigenvalue weighted by Crippen LogP contribution is -2.19. The van der Waals surface area contributed by atoms with Gasteiger partial charge in [0.2, 0.25) is 0 Å². The second kappa shape index (κ2) is 3.66. The molecule has 1 unspecified atom stereocenters. The Bertz CT molecular complexity index is 392. The average molecular weight is 209 g/mol. The van der Waals surface area contributed by atoms with Crippen LogP contribution in [0.25, 0.3) is 0 Å². The fraction of sp³-hybridized carbons (Fsp3) is 0.600. The van der Waals surface area contributed by atoms with E-state index in [1.54, 1.807) is 4.68 Å². The zero-order valence-corrected chi connectivity index (χ0v) is 8.95. The van der Waals surface area contributed by atoms with Crippen LogP contribution in [-0.4, -0.2) is 33.9 Å². The van der Waals surface area contributed by atoms with Crippen molar-refractivity contribution in [2.24, 2.45) is 0 Å². The number of carboxylic acid groups (broad SMARTS) is 1. The van der Waals surface area contributed by atoms with Crippen molar-refractivity contribution in [3.63, 3.8) is 0 Å². The molecule has 0 bridgehead atoms. The second-order valence-corrected chi connectivity index (χ2v) is 3.96. The van der Waals surface area contributed by atoms with Crippen LogP contribution in [0, 0.1) is 13.8 Å². The van der Waals surface area contributed by atoms with E-state index in [4.69, 9.17) is 5.11 Å².